The normalized spacial score (nSPS) is 12.0. The molecule has 3 N–H and O–H groups in total. The van der Waals surface area contributed by atoms with Crippen LogP contribution < -0.4 is 5.14 Å². The van der Waals surface area contributed by atoms with Crippen LogP contribution in [0.25, 0.3) is 5.69 Å². The SMILES string of the molecule is CC(C)c1c[nH]c(=S)n1-c1cccc(S(N)(=O)=O)c1. The van der Waals surface area contributed by atoms with Crippen LogP contribution in [-0.2, 0) is 10.0 Å². The van der Waals surface area contributed by atoms with Crippen molar-refractivity contribution in [2.45, 2.75) is 24.7 Å². The molecule has 0 aliphatic heterocycles. The van der Waals surface area contributed by atoms with Gasteiger partial charge in [0.2, 0.25) is 10.0 Å². The van der Waals surface area contributed by atoms with Crippen molar-refractivity contribution in [3.63, 3.8) is 0 Å². The Kier molecular flexibility index (Phi) is 3.62. The molecular weight excluding hydrogens is 282 g/mol. The summed E-state index contributed by atoms with van der Waals surface area (Å²) < 4.78 is 25.1. The first-order valence-corrected chi connectivity index (χ1v) is 7.69. The van der Waals surface area contributed by atoms with Gasteiger partial charge in [0.25, 0.3) is 0 Å². The molecule has 0 saturated heterocycles. The van der Waals surface area contributed by atoms with Gasteiger partial charge in [-0.1, -0.05) is 19.9 Å². The highest BCUT2D eigenvalue weighted by Gasteiger charge is 2.13. The Balaban J connectivity index is 2.67. The minimum atomic E-state index is -3.72. The van der Waals surface area contributed by atoms with Gasteiger partial charge in [-0.15, -0.1) is 0 Å². The maximum atomic E-state index is 11.4. The maximum absolute atomic E-state index is 11.4. The molecule has 0 unspecified atom stereocenters. The zero-order chi connectivity index (χ0) is 14.2. The van der Waals surface area contributed by atoms with Crippen LogP contribution in [0.4, 0.5) is 0 Å². The van der Waals surface area contributed by atoms with E-state index < -0.39 is 10.0 Å². The molecule has 0 atom stereocenters. The van der Waals surface area contributed by atoms with E-state index in [0.717, 1.165) is 5.69 Å². The molecule has 5 nitrogen and oxygen atoms in total. The Bertz CT molecular complexity index is 757. The number of primary sulfonamides is 1. The fourth-order valence-corrected chi connectivity index (χ4v) is 2.70. The minimum absolute atomic E-state index is 0.0720. The molecule has 1 aromatic heterocycles. The number of benzene rings is 1. The van der Waals surface area contributed by atoms with Gasteiger partial charge < -0.3 is 4.98 Å². The van der Waals surface area contributed by atoms with E-state index in [1.807, 2.05) is 24.6 Å². The van der Waals surface area contributed by atoms with Gasteiger partial charge in [-0.25, -0.2) is 13.6 Å². The monoisotopic (exact) mass is 297 g/mol. The van der Waals surface area contributed by atoms with Gasteiger partial charge in [0, 0.05) is 17.6 Å². The molecule has 0 fully saturated rings. The third-order valence-corrected chi connectivity index (χ3v) is 4.01. The Morgan fingerprint density at radius 3 is 2.63 bits per heavy atom. The van der Waals surface area contributed by atoms with Crippen LogP contribution in [0.2, 0.25) is 0 Å². The topological polar surface area (TPSA) is 80.9 Å². The number of nitrogens with zero attached hydrogens (tertiary/aromatic N) is 1. The molecule has 0 aliphatic carbocycles. The van der Waals surface area contributed by atoms with E-state index in [-0.39, 0.29) is 10.8 Å². The molecule has 7 heteroatoms. The van der Waals surface area contributed by atoms with Gasteiger partial charge in [-0.05, 0) is 36.3 Å². The van der Waals surface area contributed by atoms with Crippen molar-refractivity contribution < 1.29 is 8.42 Å². The first kappa shape index (κ1) is 14.0. The summed E-state index contributed by atoms with van der Waals surface area (Å²) in [7, 11) is -3.72. The van der Waals surface area contributed by atoms with Crippen LogP contribution in [0.5, 0.6) is 0 Å². The molecule has 19 heavy (non-hydrogen) atoms. The van der Waals surface area contributed by atoms with Gasteiger partial charge in [-0.2, -0.15) is 0 Å². The van der Waals surface area contributed by atoms with Crippen molar-refractivity contribution in [1.29, 1.82) is 0 Å². The molecule has 0 saturated carbocycles. The van der Waals surface area contributed by atoms with E-state index in [1.165, 1.54) is 12.1 Å². The molecule has 1 aromatic carbocycles. The summed E-state index contributed by atoms with van der Waals surface area (Å²) in [6.45, 7) is 4.08. The number of rotatable bonds is 3. The van der Waals surface area contributed by atoms with Crippen LogP contribution >= 0.6 is 12.2 Å². The molecule has 0 amide bonds. The predicted molar refractivity (Wildman–Crippen MR) is 76.4 cm³/mol. The summed E-state index contributed by atoms with van der Waals surface area (Å²) in [6, 6.07) is 6.42. The van der Waals surface area contributed by atoms with Gasteiger partial charge >= 0.3 is 0 Å². The lowest BCUT2D eigenvalue weighted by atomic mass is 10.1. The fourth-order valence-electron chi connectivity index (χ4n) is 1.87. The van der Waals surface area contributed by atoms with Crippen molar-refractivity contribution in [1.82, 2.24) is 9.55 Å². The Morgan fingerprint density at radius 1 is 1.37 bits per heavy atom. The molecule has 0 radical (unpaired) electrons. The number of sulfonamides is 1. The highest BCUT2D eigenvalue weighted by Crippen LogP contribution is 2.21. The van der Waals surface area contributed by atoms with Gasteiger partial charge in [-0.3, -0.25) is 4.57 Å². The molecule has 0 spiro atoms. The molecule has 1 heterocycles. The first-order chi connectivity index (χ1) is 8.80. The average Bonchev–Trinajstić information content (AvgIpc) is 2.70. The van der Waals surface area contributed by atoms with Crippen molar-refractivity contribution in [3.05, 3.63) is 40.9 Å². The Hall–Kier alpha value is -1.44. The summed E-state index contributed by atoms with van der Waals surface area (Å²) in [5, 5.41) is 5.14. The molecule has 2 rings (SSSR count). The zero-order valence-electron chi connectivity index (χ0n) is 10.6. The molecular formula is C12H15N3O2S2. The Labute approximate surface area is 117 Å². The van der Waals surface area contributed by atoms with Crippen LogP contribution in [0.1, 0.15) is 25.5 Å². The van der Waals surface area contributed by atoms with Gasteiger partial charge in [0.1, 0.15) is 0 Å². The number of nitrogens with two attached hydrogens (primary N) is 1. The third-order valence-electron chi connectivity index (χ3n) is 2.80. The number of H-pyrrole nitrogens is 1. The number of aromatic amines is 1. The number of aromatic nitrogens is 2. The highest BCUT2D eigenvalue weighted by molar-refractivity contribution is 7.89. The quantitative estimate of drug-likeness (QED) is 0.853. The number of nitrogens with one attached hydrogen (secondary N) is 1. The summed E-state index contributed by atoms with van der Waals surface area (Å²) >= 11 is 5.24. The van der Waals surface area contributed by atoms with Gasteiger partial charge in [0.15, 0.2) is 4.77 Å². The summed E-state index contributed by atoms with van der Waals surface area (Å²) in [5.41, 5.74) is 1.66. The van der Waals surface area contributed by atoms with E-state index in [1.54, 1.807) is 12.1 Å². The van der Waals surface area contributed by atoms with Crippen molar-refractivity contribution in [2.24, 2.45) is 5.14 Å². The molecule has 102 valence electrons. The van der Waals surface area contributed by atoms with E-state index in [2.05, 4.69) is 4.98 Å². The van der Waals surface area contributed by atoms with Crippen LogP contribution in [0.15, 0.2) is 35.4 Å². The molecule has 0 bridgehead atoms. The standard InChI is InChI=1S/C12H15N3O2S2/c1-8(2)11-7-14-12(18)15(11)9-4-3-5-10(6-9)19(13,16)17/h3-8H,1-2H3,(H,14,18)(H2,13,16,17). The lowest BCUT2D eigenvalue weighted by Gasteiger charge is -2.11. The van der Waals surface area contributed by atoms with Crippen LogP contribution in [0, 0.1) is 4.77 Å². The third kappa shape index (κ3) is 2.78. The smallest absolute Gasteiger partial charge is 0.238 e. The second-order valence-electron chi connectivity index (χ2n) is 4.55. The largest absolute Gasteiger partial charge is 0.337 e. The van der Waals surface area contributed by atoms with Crippen LogP contribution in [0.3, 0.4) is 0 Å². The maximum Gasteiger partial charge on any atom is 0.238 e. The highest BCUT2D eigenvalue weighted by atomic mass is 32.2. The molecule has 0 aliphatic rings. The van der Waals surface area contributed by atoms with Crippen molar-refractivity contribution in [2.75, 3.05) is 0 Å². The van der Waals surface area contributed by atoms with E-state index in [9.17, 15) is 8.42 Å². The predicted octanol–water partition coefficient (Wildman–Crippen LogP) is 2.31. The summed E-state index contributed by atoms with van der Waals surface area (Å²) in [5.74, 6) is 0.256. The summed E-state index contributed by atoms with van der Waals surface area (Å²) in [4.78, 5) is 3.04. The van der Waals surface area contributed by atoms with Crippen LogP contribution in [-0.4, -0.2) is 18.0 Å². The van der Waals surface area contributed by atoms with E-state index in [0.29, 0.717) is 10.5 Å². The summed E-state index contributed by atoms with van der Waals surface area (Å²) in [6.07, 6.45) is 1.83. The van der Waals surface area contributed by atoms with Gasteiger partial charge in [0.05, 0.1) is 4.90 Å². The first-order valence-electron chi connectivity index (χ1n) is 5.74. The second-order valence-corrected chi connectivity index (χ2v) is 6.50. The number of hydrogen-bond acceptors (Lipinski definition) is 3. The second kappa shape index (κ2) is 4.92. The average molecular weight is 297 g/mol. The van der Waals surface area contributed by atoms with Crippen molar-refractivity contribution in [3.8, 4) is 5.69 Å². The van der Waals surface area contributed by atoms with E-state index in [4.69, 9.17) is 17.4 Å². The number of imidazole rings is 1. The molecule has 2 aromatic rings. The Morgan fingerprint density at radius 2 is 2.05 bits per heavy atom. The lowest BCUT2D eigenvalue weighted by Crippen LogP contribution is -2.12. The van der Waals surface area contributed by atoms with E-state index >= 15 is 0 Å². The lowest BCUT2D eigenvalue weighted by molar-refractivity contribution is 0.597. The number of hydrogen-bond donors (Lipinski definition) is 2. The minimum Gasteiger partial charge on any atom is -0.337 e. The zero-order valence-corrected chi connectivity index (χ0v) is 12.3. The van der Waals surface area contributed by atoms with Crippen molar-refractivity contribution >= 4 is 22.2 Å². The fraction of sp³-hybridized carbons (Fsp3) is 0.250.